The topological polar surface area (TPSA) is 84.0 Å². The molecule has 0 atom stereocenters. The van der Waals surface area contributed by atoms with Gasteiger partial charge in [0.05, 0.1) is 6.20 Å². The molecule has 96 valence electrons. The van der Waals surface area contributed by atoms with E-state index in [0.717, 1.165) is 0 Å². The maximum Gasteiger partial charge on any atom is 0.300 e. The molecule has 0 amide bonds. The molecule has 0 saturated heterocycles. The highest BCUT2D eigenvalue weighted by Crippen LogP contribution is 2.19. The first-order valence-corrected chi connectivity index (χ1v) is 7.82. The van der Waals surface area contributed by atoms with Crippen LogP contribution in [0.3, 0.4) is 0 Å². The average molecular weight is 388 g/mol. The van der Waals surface area contributed by atoms with Crippen molar-refractivity contribution in [3.63, 3.8) is 0 Å². The molecule has 0 radical (unpaired) electrons. The Balaban J connectivity index is 2.76. The Hall–Kier alpha value is -0.250. The molecule has 0 bridgehead atoms. The maximum atomic E-state index is 11.6. The number of halogens is 2. The molecule has 17 heavy (non-hydrogen) atoms. The molecule has 6 nitrogen and oxygen atoms in total. The van der Waals surface area contributed by atoms with E-state index in [-0.39, 0.29) is 11.7 Å². The van der Waals surface area contributed by atoms with Gasteiger partial charge >= 0.3 is 0 Å². The molecule has 0 spiro atoms. The lowest BCUT2D eigenvalue weighted by Crippen LogP contribution is -2.33. The van der Waals surface area contributed by atoms with Gasteiger partial charge in [-0.05, 0) is 37.8 Å². The number of aromatic nitrogens is 2. The van der Waals surface area contributed by atoms with Crippen LogP contribution in [-0.4, -0.2) is 24.9 Å². The third-order valence-electron chi connectivity index (χ3n) is 1.61. The van der Waals surface area contributed by atoms with E-state index in [9.17, 15) is 8.42 Å². The summed E-state index contributed by atoms with van der Waals surface area (Å²) in [5.41, 5.74) is 0. The van der Waals surface area contributed by atoms with Crippen LogP contribution in [0.2, 0.25) is 0 Å². The van der Waals surface area contributed by atoms with Crippen molar-refractivity contribution in [2.45, 2.75) is 13.8 Å². The predicted octanol–water partition coefficient (Wildman–Crippen LogP) is 1.90. The summed E-state index contributed by atoms with van der Waals surface area (Å²) in [6.45, 7) is 4.19. The molecule has 9 heteroatoms. The zero-order valence-electron chi connectivity index (χ0n) is 9.24. The highest BCUT2D eigenvalue weighted by atomic mass is 79.9. The Morgan fingerprint density at radius 3 is 2.59 bits per heavy atom. The van der Waals surface area contributed by atoms with E-state index in [4.69, 9.17) is 0 Å². The lowest BCUT2D eigenvalue weighted by Gasteiger charge is -2.10. The SMILES string of the molecule is CC(C)CNS(=O)(=O)Nc1ncc(Br)nc1Br. The van der Waals surface area contributed by atoms with Crippen molar-refractivity contribution in [2.75, 3.05) is 11.3 Å². The van der Waals surface area contributed by atoms with Gasteiger partial charge in [0.25, 0.3) is 10.2 Å². The summed E-state index contributed by atoms with van der Waals surface area (Å²) in [6.07, 6.45) is 1.41. The van der Waals surface area contributed by atoms with Crippen molar-refractivity contribution >= 4 is 47.9 Å². The highest BCUT2D eigenvalue weighted by molar-refractivity contribution is 9.11. The van der Waals surface area contributed by atoms with Gasteiger partial charge in [0.2, 0.25) is 0 Å². The summed E-state index contributed by atoms with van der Waals surface area (Å²) in [5, 5.41) is 0. The minimum atomic E-state index is -3.61. The van der Waals surface area contributed by atoms with Crippen LogP contribution < -0.4 is 9.44 Å². The van der Waals surface area contributed by atoms with Gasteiger partial charge in [-0.2, -0.15) is 13.1 Å². The molecule has 0 fully saturated rings. The highest BCUT2D eigenvalue weighted by Gasteiger charge is 2.13. The Kier molecular flexibility index (Phi) is 5.29. The van der Waals surface area contributed by atoms with Crippen molar-refractivity contribution in [1.82, 2.24) is 14.7 Å². The van der Waals surface area contributed by atoms with Gasteiger partial charge in [-0.3, -0.25) is 4.72 Å². The summed E-state index contributed by atoms with van der Waals surface area (Å²) in [5.74, 6) is 0.371. The van der Waals surface area contributed by atoms with E-state index in [1.807, 2.05) is 13.8 Å². The fourth-order valence-electron chi connectivity index (χ4n) is 0.855. The molecule has 0 aliphatic carbocycles. The third kappa shape index (κ3) is 5.28. The van der Waals surface area contributed by atoms with Crippen LogP contribution in [0.25, 0.3) is 0 Å². The normalized spacial score (nSPS) is 11.8. The largest absolute Gasteiger partial charge is 0.300 e. The van der Waals surface area contributed by atoms with Crippen LogP contribution in [-0.2, 0) is 10.2 Å². The monoisotopic (exact) mass is 386 g/mol. The van der Waals surface area contributed by atoms with Crippen LogP contribution in [0, 0.1) is 5.92 Å². The molecule has 0 aliphatic rings. The molecule has 1 aromatic rings. The van der Waals surface area contributed by atoms with Crippen molar-refractivity contribution in [3.05, 3.63) is 15.4 Å². The van der Waals surface area contributed by atoms with E-state index >= 15 is 0 Å². The summed E-state index contributed by atoms with van der Waals surface area (Å²) >= 11 is 6.25. The molecule has 1 heterocycles. The molecule has 1 rings (SSSR count). The van der Waals surface area contributed by atoms with Gasteiger partial charge in [-0.15, -0.1) is 0 Å². The summed E-state index contributed by atoms with van der Waals surface area (Å²) in [4.78, 5) is 7.87. The molecule has 0 aromatic carbocycles. The van der Waals surface area contributed by atoms with Gasteiger partial charge in [0, 0.05) is 6.54 Å². The molecule has 0 saturated carbocycles. The maximum absolute atomic E-state index is 11.6. The zero-order valence-corrected chi connectivity index (χ0v) is 13.2. The van der Waals surface area contributed by atoms with Crippen molar-refractivity contribution in [1.29, 1.82) is 0 Å². The number of hydrogen-bond acceptors (Lipinski definition) is 4. The van der Waals surface area contributed by atoms with E-state index in [0.29, 0.717) is 15.8 Å². The Morgan fingerprint density at radius 2 is 2.06 bits per heavy atom. The van der Waals surface area contributed by atoms with Crippen molar-refractivity contribution < 1.29 is 8.42 Å². The van der Waals surface area contributed by atoms with E-state index < -0.39 is 10.2 Å². The smallest absolute Gasteiger partial charge is 0.252 e. The Bertz CT molecular complexity index is 492. The first-order chi connectivity index (χ1) is 7.80. The van der Waals surface area contributed by atoms with E-state index in [2.05, 4.69) is 51.3 Å². The number of hydrogen-bond donors (Lipinski definition) is 2. The zero-order chi connectivity index (χ0) is 13.1. The van der Waals surface area contributed by atoms with Crippen LogP contribution in [0.5, 0.6) is 0 Å². The third-order valence-corrected chi connectivity index (χ3v) is 3.56. The minimum absolute atomic E-state index is 0.143. The Labute approximate surface area is 117 Å². The van der Waals surface area contributed by atoms with Crippen LogP contribution in [0.4, 0.5) is 5.82 Å². The number of nitrogens with zero attached hydrogens (tertiary/aromatic N) is 2. The second kappa shape index (κ2) is 6.07. The Morgan fingerprint density at radius 1 is 1.41 bits per heavy atom. The molecule has 0 aliphatic heterocycles. The summed E-state index contributed by atoms with van der Waals surface area (Å²) < 4.78 is 28.8. The van der Waals surface area contributed by atoms with Crippen LogP contribution in [0.15, 0.2) is 15.4 Å². The summed E-state index contributed by atoms with van der Waals surface area (Å²) in [6, 6.07) is 0. The quantitative estimate of drug-likeness (QED) is 0.808. The predicted molar refractivity (Wildman–Crippen MR) is 72.8 cm³/mol. The van der Waals surface area contributed by atoms with Gasteiger partial charge in [-0.25, -0.2) is 9.97 Å². The molecular weight excluding hydrogens is 376 g/mol. The van der Waals surface area contributed by atoms with Crippen LogP contribution in [0.1, 0.15) is 13.8 Å². The fourth-order valence-corrected chi connectivity index (χ4v) is 2.93. The number of nitrogens with one attached hydrogen (secondary N) is 2. The second-order valence-corrected chi connectivity index (χ2v) is 6.74. The lowest BCUT2D eigenvalue weighted by molar-refractivity contribution is 0.564. The first kappa shape index (κ1) is 14.8. The van der Waals surface area contributed by atoms with Gasteiger partial charge < -0.3 is 0 Å². The van der Waals surface area contributed by atoms with Gasteiger partial charge in [0.15, 0.2) is 10.4 Å². The molecule has 2 N–H and O–H groups in total. The minimum Gasteiger partial charge on any atom is -0.252 e. The van der Waals surface area contributed by atoms with Crippen molar-refractivity contribution in [3.8, 4) is 0 Å². The standard InChI is InChI=1S/C8H12Br2N4O2S/c1-5(2)3-12-17(15,16)14-8-7(10)13-6(9)4-11-8/h4-5,12H,3H2,1-2H3,(H,11,14). The molecule has 0 unspecified atom stereocenters. The lowest BCUT2D eigenvalue weighted by atomic mass is 10.2. The number of rotatable bonds is 5. The average Bonchev–Trinajstić information content (AvgIpc) is 2.20. The van der Waals surface area contributed by atoms with E-state index in [1.54, 1.807) is 0 Å². The van der Waals surface area contributed by atoms with Gasteiger partial charge in [0.1, 0.15) is 4.60 Å². The first-order valence-electron chi connectivity index (χ1n) is 4.75. The molecular formula is C8H12Br2N4O2S. The van der Waals surface area contributed by atoms with E-state index in [1.165, 1.54) is 6.20 Å². The second-order valence-electron chi connectivity index (χ2n) is 3.68. The summed E-state index contributed by atoms with van der Waals surface area (Å²) in [7, 11) is -3.61. The van der Waals surface area contributed by atoms with Gasteiger partial charge in [-0.1, -0.05) is 13.8 Å². The molecule has 1 aromatic heterocycles. The van der Waals surface area contributed by atoms with Crippen molar-refractivity contribution in [2.24, 2.45) is 5.92 Å². The number of anilines is 1. The van der Waals surface area contributed by atoms with Crippen LogP contribution >= 0.6 is 31.9 Å². The fraction of sp³-hybridized carbons (Fsp3) is 0.500.